The molecule has 154 valence electrons. The molecule has 0 atom stereocenters. The molecule has 1 amide bonds. The van der Waals surface area contributed by atoms with Gasteiger partial charge in [0.2, 0.25) is 0 Å². The van der Waals surface area contributed by atoms with E-state index in [1.165, 1.54) is 22.9 Å². The molecule has 0 aliphatic rings. The number of aryl methyl sites for hydroxylation is 1. The number of benzene rings is 2. The van der Waals surface area contributed by atoms with Crippen LogP contribution in [-0.4, -0.2) is 33.2 Å². The number of nitro groups is 1. The highest BCUT2D eigenvalue weighted by atomic mass is 35.5. The van der Waals surface area contributed by atoms with Gasteiger partial charge in [0, 0.05) is 28.0 Å². The van der Waals surface area contributed by atoms with Crippen LogP contribution in [0.2, 0.25) is 5.02 Å². The van der Waals surface area contributed by atoms with Crippen LogP contribution in [0.3, 0.4) is 0 Å². The van der Waals surface area contributed by atoms with Crippen LogP contribution in [0.1, 0.15) is 33.5 Å². The van der Waals surface area contributed by atoms with Gasteiger partial charge >= 0.3 is 5.97 Å². The summed E-state index contributed by atoms with van der Waals surface area (Å²) in [6.45, 7) is 3.50. The van der Waals surface area contributed by atoms with E-state index in [9.17, 15) is 19.7 Å². The van der Waals surface area contributed by atoms with E-state index >= 15 is 0 Å². The predicted molar refractivity (Wildman–Crippen MR) is 110 cm³/mol. The number of anilines is 1. The van der Waals surface area contributed by atoms with Crippen LogP contribution in [0.4, 0.5) is 11.4 Å². The summed E-state index contributed by atoms with van der Waals surface area (Å²) in [7, 11) is 0. The maximum absolute atomic E-state index is 12.5. The number of nitrogens with zero attached hydrogens (tertiary/aromatic N) is 3. The van der Waals surface area contributed by atoms with Crippen LogP contribution in [0.25, 0.3) is 5.69 Å². The third-order valence-corrected chi connectivity index (χ3v) is 4.39. The quantitative estimate of drug-likeness (QED) is 0.357. The van der Waals surface area contributed by atoms with Crippen molar-refractivity contribution < 1.29 is 19.2 Å². The molecule has 10 heteroatoms. The molecule has 2 aromatic carbocycles. The third-order valence-electron chi connectivity index (χ3n) is 4.14. The summed E-state index contributed by atoms with van der Waals surface area (Å²) in [5.41, 5.74) is 0.915. The van der Waals surface area contributed by atoms with Gasteiger partial charge in [-0.1, -0.05) is 11.6 Å². The molecule has 0 unspecified atom stereocenters. The lowest BCUT2D eigenvalue weighted by Gasteiger charge is -2.09. The minimum absolute atomic E-state index is 0.0354. The number of ether oxygens (including phenoxy) is 1. The second kappa shape index (κ2) is 8.75. The zero-order valence-corrected chi connectivity index (χ0v) is 16.8. The highest BCUT2D eigenvalue weighted by Gasteiger charge is 2.22. The largest absolute Gasteiger partial charge is 0.461 e. The van der Waals surface area contributed by atoms with Gasteiger partial charge in [0.05, 0.1) is 11.5 Å². The van der Waals surface area contributed by atoms with Crippen molar-refractivity contribution in [3.8, 4) is 5.69 Å². The van der Waals surface area contributed by atoms with E-state index in [0.717, 1.165) is 6.07 Å². The first-order valence-electron chi connectivity index (χ1n) is 8.89. The molecule has 0 fully saturated rings. The number of carbonyl (C=O) groups excluding carboxylic acids is 2. The standard InChI is InChI=1S/C20H17ClN4O5/c1-3-30-20(27)16-10-12(2)24(23-16)17-9-4-13(11-18(17)25(28)29)19(26)22-15-7-5-14(21)6-8-15/h4-11H,3H2,1-2H3,(H,22,26). The minimum Gasteiger partial charge on any atom is -0.461 e. The Bertz CT molecular complexity index is 1120. The number of hydrogen-bond acceptors (Lipinski definition) is 6. The summed E-state index contributed by atoms with van der Waals surface area (Å²) in [4.78, 5) is 35.4. The number of amides is 1. The van der Waals surface area contributed by atoms with E-state index in [1.54, 1.807) is 38.1 Å². The van der Waals surface area contributed by atoms with E-state index in [1.807, 2.05) is 0 Å². The van der Waals surface area contributed by atoms with Crippen molar-refractivity contribution >= 4 is 34.9 Å². The summed E-state index contributed by atoms with van der Waals surface area (Å²) in [6, 6.07) is 12.0. The van der Waals surface area contributed by atoms with Gasteiger partial charge in [-0.3, -0.25) is 14.9 Å². The fourth-order valence-electron chi connectivity index (χ4n) is 2.75. The number of carbonyl (C=O) groups is 2. The van der Waals surface area contributed by atoms with Gasteiger partial charge in [0.25, 0.3) is 11.6 Å². The van der Waals surface area contributed by atoms with Gasteiger partial charge in [0.1, 0.15) is 5.69 Å². The maximum Gasteiger partial charge on any atom is 0.358 e. The van der Waals surface area contributed by atoms with Crippen LogP contribution >= 0.6 is 11.6 Å². The number of nitrogens with one attached hydrogen (secondary N) is 1. The first kappa shape index (κ1) is 21.0. The second-order valence-electron chi connectivity index (χ2n) is 6.22. The zero-order valence-electron chi connectivity index (χ0n) is 16.1. The molecule has 0 bridgehead atoms. The SMILES string of the molecule is CCOC(=O)c1cc(C)n(-c2ccc(C(=O)Nc3ccc(Cl)cc3)cc2[N+](=O)[O-])n1. The average Bonchev–Trinajstić information content (AvgIpc) is 3.11. The van der Waals surface area contributed by atoms with Gasteiger partial charge in [0.15, 0.2) is 5.69 Å². The number of nitro benzene ring substituents is 1. The second-order valence-corrected chi connectivity index (χ2v) is 6.66. The number of esters is 1. The molecule has 1 N–H and O–H groups in total. The molecule has 0 aliphatic carbocycles. The van der Waals surface area contributed by atoms with E-state index in [4.69, 9.17) is 16.3 Å². The van der Waals surface area contributed by atoms with E-state index in [0.29, 0.717) is 16.4 Å². The first-order chi connectivity index (χ1) is 14.3. The molecular formula is C20H17ClN4O5. The van der Waals surface area contributed by atoms with Crippen molar-refractivity contribution in [3.63, 3.8) is 0 Å². The van der Waals surface area contributed by atoms with Gasteiger partial charge in [-0.2, -0.15) is 5.10 Å². The molecule has 1 heterocycles. The lowest BCUT2D eigenvalue weighted by Crippen LogP contribution is -2.13. The molecular weight excluding hydrogens is 412 g/mol. The summed E-state index contributed by atoms with van der Waals surface area (Å²) >= 11 is 5.82. The lowest BCUT2D eigenvalue weighted by molar-refractivity contribution is -0.384. The lowest BCUT2D eigenvalue weighted by atomic mass is 10.1. The molecule has 1 aromatic heterocycles. The fourth-order valence-corrected chi connectivity index (χ4v) is 2.88. The monoisotopic (exact) mass is 428 g/mol. The van der Waals surface area contributed by atoms with Gasteiger partial charge in [-0.25, -0.2) is 9.48 Å². The highest BCUT2D eigenvalue weighted by molar-refractivity contribution is 6.30. The predicted octanol–water partition coefficient (Wildman–Crippen LogP) is 4.17. The molecule has 9 nitrogen and oxygen atoms in total. The Balaban J connectivity index is 1.94. The highest BCUT2D eigenvalue weighted by Crippen LogP contribution is 2.26. The molecule has 0 aliphatic heterocycles. The van der Waals surface area contributed by atoms with Crippen molar-refractivity contribution in [1.29, 1.82) is 0 Å². The molecule has 0 saturated heterocycles. The van der Waals surface area contributed by atoms with Crippen LogP contribution < -0.4 is 5.32 Å². The zero-order chi connectivity index (χ0) is 21.8. The molecule has 0 radical (unpaired) electrons. The number of halogens is 1. The molecule has 0 spiro atoms. The van der Waals surface area contributed by atoms with Crippen LogP contribution in [0.5, 0.6) is 0 Å². The summed E-state index contributed by atoms with van der Waals surface area (Å²) in [6.07, 6.45) is 0. The first-order valence-corrected chi connectivity index (χ1v) is 9.27. The Kier molecular flexibility index (Phi) is 6.12. The summed E-state index contributed by atoms with van der Waals surface area (Å²) in [5.74, 6) is -1.14. The van der Waals surface area contributed by atoms with Crippen LogP contribution in [0, 0.1) is 17.0 Å². The van der Waals surface area contributed by atoms with Crippen molar-refractivity contribution in [2.24, 2.45) is 0 Å². The average molecular weight is 429 g/mol. The Morgan fingerprint density at radius 1 is 1.20 bits per heavy atom. The Morgan fingerprint density at radius 2 is 1.90 bits per heavy atom. The number of rotatable bonds is 6. The van der Waals surface area contributed by atoms with E-state index < -0.39 is 16.8 Å². The smallest absolute Gasteiger partial charge is 0.358 e. The van der Waals surface area contributed by atoms with Crippen molar-refractivity contribution in [3.05, 3.63) is 80.6 Å². The number of hydrogen-bond donors (Lipinski definition) is 1. The van der Waals surface area contributed by atoms with Gasteiger partial charge in [-0.05, 0) is 56.3 Å². The summed E-state index contributed by atoms with van der Waals surface area (Å²) < 4.78 is 6.18. The number of aromatic nitrogens is 2. The topological polar surface area (TPSA) is 116 Å². The fraction of sp³-hybridized carbons (Fsp3) is 0.150. The van der Waals surface area contributed by atoms with Gasteiger partial charge < -0.3 is 10.1 Å². The van der Waals surface area contributed by atoms with Gasteiger partial charge in [-0.15, -0.1) is 0 Å². The van der Waals surface area contributed by atoms with Crippen molar-refractivity contribution in [2.75, 3.05) is 11.9 Å². The Labute approximate surface area is 176 Å². The normalized spacial score (nSPS) is 10.5. The summed E-state index contributed by atoms with van der Waals surface area (Å²) in [5, 5.41) is 18.9. The molecule has 3 aromatic rings. The van der Waals surface area contributed by atoms with Crippen molar-refractivity contribution in [1.82, 2.24) is 9.78 Å². The molecule has 3 rings (SSSR count). The molecule has 30 heavy (non-hydrogen) atoms. The minimum atomic E-state index is -0.624. The third kappa shape index (κ3) is 4.47. The Morgan fingerprint density at radius 3 is 2.53 bits per heavy atom. The maximum atomic E-state index is 12.5. The van der Waals surface area contributed by atoms with Crippen LogP contribution in [0.15, 0.2) is 48.5 Å². The van der Waals surface area contributed by atoms with Crippen LogP contribution in [-0.2, 0) is 4.74 Å². The molecule has 0 saturated carbocycles. The Hall–Kier alpha value is -3.72. The van der Waals surface area contributed by atoms with E-state index in [-0.39, 0.29) is 29.2 Å². The van der Waals surface area contributed by atoms with E-state index in [2.05, 4.69) is 10.4 Å². The van der Waals surface area contributed by atoms with Crippen molar-refractivity contribution in [2.45, 2.75) is 13.8 Å².